The van der Waals surface area contributed by atoms with Gasteiger partial charge in [-0.05, 0) is 51.4 Å². The molecule has 1 aromatic carbocycles. The molecule has 1 aliphatic heterocycles. The molecule has 8 heteroatoms. The summed E-state index contributed by atoms with van der Waals surface area (Å²) in [6.45, 7) is 8.56. The molecule has 1 saturated heterocycles. The average Bonchev–Trinajstić information content (AvgIpc) is 2.65. The Hall–Kier alpha value is -2.12. The molecule has 0 radical (unpaired) electrons. The Labute approximate surface area is 164 Å². The van der Waals surface area contributed by atoms with Gasteiger partial charge in [0.1, 0.15) is 0 Å². The van der Waals surface area contributed by atoms with Gasteiger partial charge in [-0.25, -0.2) is 9.59 Å². The minimum atomic E-state index is -1.82. The van der Waals surface area contributed by atoms with Gasteiger partial charge in [0.15, 0.2) is 0 Å². The Bertz CT molecular complexity index is 629. The molecule has 0 atom stereocenters. The maximum absolute atomic E-state index is 12.4. The number of hydrogen-bond donors (Lipinski definition) is 2. The summed E-state index contributed by atoms with van der Waals surface area (Å²) in [5, 5.41) is 15.6. The zero-order valence-electron chi connectivity index (χ0n) is 15.7. The van der Waals surface area contributed by atoms with Crippen molar-refractivity contribution in [3.63, 3.8) is 0 Å². The van der Waals surface area contributed by atoms with Crippen molar-refractivity contribution in [1.29, 1.82) is 0 Å². The Morgan fingerprint density at radius 2 is 1.59 bits per heavy atom. The minimum Gasteiger partial charge on any atom is -0.473 e. The van der Waals surface area contributed by atoms with E-state index in [1.54, 1.807) is 0 Å². The van der Waals surface area contributed by atoms with E-state index in [4.69, 9.17) is 31.4 Å². The number of likely N-dealkylation sites (tertiary alicyclic amines) is 1. The molecule has 1 aromatic rings. The first-order chi connectivity index (χ1) is 12.8. The lowest BCUT2D eigenvalue weighted by Crippen LogP contribution is -2.42. The molecule has 2 rings (SSSR count). The number of aliphatic carboxylic acids is 2. The molecule has 0 unspecified atom stereocenters. The van der Waals surface area contributed by atoms with Crippen LogP contribution in [0, 0.1) is 5.92 Å². The van der Waals surface area contributed by atoms with E-state index < -0.39 is 11.9 Å². The first-order valence-corrected chi connectivity index (χ1v) is 9.38. The van der Waals surface area contributed by atoms with Crippen LogP contribution in [0.1, 0.15) is 32.3 Å². The standard InChI is InChI=1S/C17H25ClN2O.C2H2O4/c1-3-20(4-2)17(21)14-9-11-19(12-10-14)13-15-7-5-6-8-16(15)18;3-1(4)2(5)6/h5-8,14H,3-4,9-13H2,1-2H3;(H,3,4)(H,5,6). The summed E-state index contributed by atoms with van der Waals surface area (Å²) < 4.78 is 0. The van der Waals surface area contributed by atoms with Crippen LogP contribution in [0.25, 0.3) is 0 Å². The molecule has 1 heterocycles. The molecule has 0 aliphatic carbocycles. The van der Waals surface area contributed by atoms with Crippen molar-refractivity contribution in [2.45, 2.75) is 33.2 Å². The lowest BCUT2D eigenvalue weighted by Gasteiger charge is -2.33. The molecule has 0 saturated carbocycles. The van der Waals surface area contributed by atoms with Crippen molar-refractivity contribution >= 4 is 29.4 Å². The fourth-order valence-corrected chi connectivity index (χ4v) is 3.19. The maximum Gasteiger partial charge on any atom is 0.414 e. The van der Waals surface area contributed by atoms with E-state index in [2.05, 4.69) is 11.0 Å². The monoisotopic (exact) mass is 398 g/mol. The number of piperidine rings is 1. The van der Waals surface area contributed by atoms with E-state index in [0.717, 1.165) is 50.6 Å². The second-order valence-corrected chi connectivity index (χ2v) is 6.67. The number of carboxylic acid groups (broad SMARTS) is 2. The van der Waals surface area contributed by atoms with Crippen LogP contribution in [-0.2, 0) is 20.9 Å². The lowest BCUT2D eigenvalue weighted by atomic mass is 9.95. The van der Waals surface area contributed by atoms with Crippen molar-refractivity contribution in [3.8, 4) is 0 Å². The number of amides is 1. The predicted octanol–water partition coefficient (Wildman–Crippen LogP) is 2.58. The summed E-state index contributed by atoms with van der Waals surface area (Å²) >= 11 is 6.21. The van der Waals surface area contributed by atoms with Gasteiger partial charge in [0.05, 0.1) is 0 Å². The van der Waals surface area contributed by atoms with Gasteiger partial charge in [0.25, 0.3) is 0 Å². The molecule has 7 nitrogen and oxygen atoms in total. The second kappa shape index (κ2) is 11.6. The zero-order chi connectivity index (χ0) is 20.4. The maximum atomic E-state index is 12.4. The van der Waals surface area contributed by atoms with Crippen LogP contribution in [0.5, 0.6) is 0 Å². The van der Waals surface area contributed by atoms with Gasteiger partial charge in [0, 0.05) is 30.6 Å². The van der Waals surface area contributed by atoms with E-state index in [0.29, 0.717) is 5.91 Å². The summed E-state index contributed by atoms with van der Waals surface area (Å²) in [4.78, 5) is 34.9. The van der Waals surface area contributed by atoms with Crippen LogP contribution in [-0.4, -0.2) is 64.0 Å². The van der Waals surface area contributed by atoms with Crippen molar-refractivity contribution < 1.29 is 24.6 Å². The molecule has 27 heavy (non-hydrogen) atoms. The first-order valence-electron chi connectivity index (χ1n) is 9.00. The molecule has 0 spiro atoms. The van der Waals surface area contributed by atoms with Crippen LogP contribution >= 0.6 is 11.6 Å². The molecule has 2 N–H and O–H groups in total. The van der Waals surface area contributed by atoms with Crippen LogP contribution in [0.15, 0.2) is 24.3 Å². The molecule has 1 aliphatic rings. The normalized spacial score (nSPS) is 14.8. The highest BCUT2D eigenvalue weighted by atomic mass is 35.5. The van der Waals surface area contributed by atoms with E-state index in [1.807, 2.05) is 36.9 Å². The van der Waals surface area contributed by atoms with Gasteiger partial charge in [-0.15, -0.1) is 0 Å². The molecule has 0 bridgehead atoms. The van der Waals surface area contributed by atoms with Crippen molar-refractivity contribution in [2.24, 2.45) is 5.92 Å². The van der Waals surface area contributed by atoms with Crippen LogP contribution in [0.4, 0.5) is 0 Å². The molecule has 1 amide bonds. The van der Waals surface area contributed by atoms with Crippen LogP contribution in [0.2, 0.25) is 5.02 Å². The molecule has 0 aromatic heterocycles. The van der Waals surface area contributed by atoms with Crippen molar-refractivity contribution in [1.82, 2.24) is 9.80 Å². The van der Waals surface area contributed by atoms with Crippen LogP contribution < -0.4 is 0 Å². The fourth-order valence-electron chi connectivity index (χ4n) is 3.00. The fraction of sp³-hybridized carbons (Fsp3) is 0.526. The number of halogens is 1. The SMILES string of the molecule is CCN(CC)C(=O)C1CCN(Cc2ccccc2Cl)CC1.O=C(O)C(=O)O. The van der Waals surface area contributed by atoms with Crippen molar-refractivity contribution in [2.75, 3.05) is 26.2 Å². The first kappa shape index (κ1) is 22.9. The predicted molar refractivity (Wildman–Crippen MR) is 103 cm³/mol. The van der Waals surface area contributed by atoms with Gasteiger partial charge >= 0.3 is 11.9 Å². The number of rotatable bonds is 5. The summed E-state index contributed by atoms with van der Waals surface area (Å²) in [6.07, 6.45) is 1.92. The Balaban J connectivity index is 0.000000527. The third-order valence-electron chi connectivity index (χ3n) is 4.55. The average molecular weight is 399 g/mol. The molecule has 150 valence electrons. The summed E-state index contributed by atoms with van der Waals surface area (Å²) in [5.74, 6) is -3.12. The topological polar surface area (TPSA) is 98.2 Å². The summed E-state index contributed by atoms with van der Waals surface area (Å²) in [7, 11) is 0. The van der Waals surface area contributed by atoms with E-state index in [-0.39, 0.29) is 5.92 Å². The number of nitrogens with zero attached hydrogens (tertiary/aromatic N) is 2. The number of hydrogen-bond acceptors (Lipinski definition) is 4. The highest BCUT2D eigenvalue weighted by Gasteiger charge is 2.27. The quantitative estimate of drug-likeness (QED) is 0.740. The third kappa shape index (κ3) is 7.56. The molecular formula is C19H27ClN2O5. The van der Waals surface area contributed by atoms with Gasteiger partial charge in [0.2, 0.25) is 5.91 Å². The highest BCUT2D eigenvalue weighted by molar-refractivity contribution is 6.31. The van der Waals surface area contributed by atoms with Crippen LogP contribution in [0.3, 0.4) is 0 Å². The van der Waals surface area contributed by atoms with Crippen molar-refractivity contribution in [3.05, 3.63) is 34.9 Å². The zero-order valence-corrected chi connectivity index (χ0v) is 16.5. The lowest BCUT2D eigenvalue weighted by molar-refractivity contribution is -0.159. The Morgan fingerprint density at radius 3 is 2.04 bits per heavy atom. The Morgan fingerprint density at radius 1 is 1.07 bits per heavy atom. The van der Waals surface area contributed by atoms with E-state index in [9.17, 15) is 4.79 Å². The molecule has 1 fully saturated rings. The Kier molecular flexibility index (Phi) is 9.82. The smallest absolute Gasteiger partial charge is 0.414 e. The van der Waals surface area contributed by atoms with Gasteiger partial charge in [-0.1, -0.05) is 29.8 Å². The van der Waals surface area contributed by atoms with Gasteiger partial charge in [-0.3, -0.25) is 9.69 Å². The third-order valence-corrected chi connectivity index (χ3v) is 4.92. The number of carbonyl (C=O) groups excluding carboxylic acids is 1. The minimum absolute atomic E-state index is 0.201. The second-order valence-electron chi connectivity index (χ2n) is 6.26. The highest BCUT2D eigenvalue weighted by Crippen LogP contribution is 2.23. The largest absolute Gasteiger partial charge is 0.473 e. The van der Waals surface area contributed by atoms with E-state index >= 15 is 0 Å². The van der Waals surface area contributed by atoms with Gasteiger partial charge in [-0.2, -0.15) is 0 Å². The number of carbonyl (C=O) groups is 3. The number of benzene rings is 1. The summed E-state index contributed by atoms with van der Waals surface area (Å²) in [6, 6.07) is 8.00. The summed E-state index contributed by atoms with van der Waals surface area (Å²) in [5.41, 5.74) is 1.17. The number of carboxylic acids is 2. The van der Waals surface area contributed by atoms with E-state index in [1.165, 1.54) is 5.56 Å². The molecular weight excluding hydrogens is 372 g/mol. The van der Waals surface area contributed by atoms with Gasteiger partial charge < -0.3 is 15.1 Å².